The molecule has 1 atom stereocenters. The second kappa shape index (κ2) is 9.18. The lowest BCUT2D eigenvalue weighted by Gasteiger charge is -2.16. The maximum Gasteiger partial charge on any atom is 0.338 e. The molecule has 3 aromatic carbocycles. The van der Waals surface area contributed by atoms with E-state index in [-0.39, 0.29) is 5.97 Å². The first kappa shape index (κ1) is 21.5. The molecular formula is C24H22Cl2N2O3. The Balaban J connectivity index is 1.51. The molecule has 1 unspecified atom stereocenters. The molecule has 4 rings (SSSR count). The van der Waals surface area contributed by atoms with E-state index in [2.05, 4.69) is 9.88 Å². The van der Waals surface area contributed by atoms with Crippen LogP contribution in [0.4, 0.5) is 5.69 Å². The number of nitrogens with zero attached hydrogens (tertiary/aromatic N) is 1. The van der Waals surface area contributed by atoms with Crippen LogP contribution in [0.3, 0.4) is 0 Å². The van der Waals surface area contributed by atoms with Crippen molar-refractivity contribution in [3.05, 3.63) is 76.3 Å². The molecule has 0 radical (unpaired) electrons. The lowest BCUT2D eigenvalue weighted by molar-refractivity contribution is 0.0526. The van der Waals surface area contributed by atoms with E-state index in [0.29, 0.717) is 35.3 Å². The van der Waals surface area contributed by atoms with E-state index >= 15 is 0 Å². The molecule has 0 aliphatic carbocycles. The van der Waals surface area contributed by atoms with Crippen molar-refractivity contribution in [1.82, 2.24) is 4.57 Å². The molecule has 4 aromatic rings. The monoisotopic (exact) mass is 456 g/mol. The van der Waals surface area contributed by atoms with E-state index in [1.807, 2.05) is 36.4 Å². The molecule has 0 saturated carbocycles. The van der Waals surface area contributed by atoms with E-state index in [1.54, 1.807) is 31.2 Å². The van der Waals surface area contributed by atoms with Crippen LogP contribution in [0.15, 0.2) is 60.7 Å². The Hall–Kier alpha value is -2.73. The highest BCUT2D eigenvalue weighted by atomic mass is 35.5. The average molecular weight is 457 g/mol. The fraction of sp³-hybridized carbons (Fsp3) is 0.208. The fourth-order valence-corrected chi connectivity index (χ4v) is 4.04. The number of fused-ring (bicyclic) bond motifs is 3. The number of halogens is 2. The number of aliphatic hydroxyl groups is 1. The molecule has 0 bridgehead atoms. The third kappa shape index (κ3) is 4.64. The number of aliphatic hydroxyl groups excluding tert-OH is 1. The van der Waals surface area contributed by atoms with Crippen molar-refractivity contribution >= 4 is 56.7 Å². The minimum atomic E-state index is -0.644. The van der Waals surface area contributed by atoms with Crippen LogP contribution >= 0.6 is 23.2 Å². The molecule has 5 nitrogen and oxygen atoms in total. The highest BCUT2D eigenvalue weighted by molar-refractivity contribution is 6.33. The van der Waals surface area contributed by atoms with Crippen LogP contribution in [-0.4, -0.2) is 34.9 Å². The van der Waals surface area contributed by atoms with Crippen molar-refractivity contribution in [3.63, 3.8) is 0 Å². The Labute approximate surface area is 190 Å². The van der Waals surface area contributed by atoms with Crippen LogP contribution in [0.5, 0.6) is 0 Å². The van der Waals surface area contributed by atoms with Gasteiger partial charge in [-0.2, -0.15) is 0 Å². The predicted molar refractivity (Wildman–Crippen MR) is 126 cm³/mol. The first-order valence-corrected chi connectivity index (χ1v) is 10.8. The van der Waals surface area contributed by atoms with Gasteiger partial charge < -0.3 is 19.7 Å². The van der Waals surface area contributed by atoms with Crippen molar-refractivity contribution in [2.24, 2.45) is 0 Å². The second-order valence-electron chi connectivity index (χ2n) is 7.27. The van der Waals surface area contributed by atoms with Gasteiger partial charge in [-0.3, -0.25) is 0 Å². The molecule has 2 N–H and O–H groups in total. The summed E-state index contributed by atoms with van der Waals surface area (Å²) >= 11 is 12.4. The zero-order chi connectivity index (χ0) is 22.0. The minimum absolute atomic E-state index is 0.339. The number of carbonyl (C=O) groups is 1. The number of ether oxygens (including phenoxy) is 1. The Morgan fingerprint density at radius 2 is 1.58 bits per heavy atom. The smallest absolute Gasteiger partial charge is 0.338 e. The molecule has 1 heterocycles. The summed E-state index contributed by atoms with van der Waals surface area (Å²) in [5.74, 6) is -0.347. The van der Waals surface area contributed by atoms with Crippen molar-refractivity contribution < 1.29 is 14.6 Å². The normalized spacial score (nSPS) is 12.3. The quantitative estimate of drug-likeness (QED) is 0.347. The minimum Gasteiger partial charge on any atom is -0.462 e. The van der Waals surface area contributed by atoms with Gasteiger partial charge in [0.25, 0.3) is 0 Å². The summed E-state index contributed by atoms with van der Waals surface area (Å²) in [7, 11) is 0. The standard InChI is InChI=1S/C24H22Cl2N2O3/c1-2-31-24(30)15-3-7-18(8-4-15)27-13-19(29)14-28-22-9-5-16(25)11-20(22)21-12-17(26)6-10-23(21)28/h3-12,19,27,29H,2,13-14H2,1H3. The van der Waals surface area contributed by atoms with Gasteiger partial charge in [-0.05, 0) is 67.6 Å². The number of esters is 1. The number of hydrogen-bond acceptors (Lipinski definition) is 4. The SMILES string of the molecule is CCOC(=O)c1ccc(NCC(O)Cn2c3ccc(Cl)cc3c3cc(Cl)ccc32)cc1. The maximum atomic E-state index is 11.8. The number of rotatable bonds is 7. The molecule has 0 fully saturated rings. The second-order valence-corrected chi connectivity index (χ2v) is 8.14. The van der Waals surface area contributed by atoms with Crippen LogP contribution in [0.2, 0.25) is 10.0 Å². The Kier molecular flexibility index (Phi) is 6.37. The van der Waals surface area contributed by atoms with Crippen LogP contribution in [0.25, 0.3) is 21.8 Å². The lowest BCUT2D eigenvalue weighted by atomic mass is 10.1. The van der Waals surface area contributed by atoms with Gasteiger partial charge in [0, 0.05) is 44.1 Å². The number of hydrogen-bond donors (Lipinski definition) is 2. The van der Waals surface area contributed by atoms with Crippen molar-refractivity contribution in [3.8, 4) is 0 Å². The molecular weight excluding hydrogens is 435 g/mol. The van der Waals surface area contributed by atoms with E-state index < -0.39 is 6.10 Å². The molecule has 160 valence electrons. The maximum absolute atomic E-state index is 11.8. The highest BCUT2D eigenvalue weighted by Gasteiger charge is 2.15. The Morgan fingerprint density at radius 1 is 1.00 bits per heavy atom. The van der Waals surface area contributed by atoms with Gasteiger partial charge in [0.2, 0.25) is 0 Å². The summed E-state index contributed by atoms with van der Waals surface area (Å²) in [5, 5.41) is 17.2. The lowest BCUT2D eigenvalue weighted by Crippen LogP contribution is -2.24. The number of benzene rings is 3. The highest BCUT2D eigenvalue weighted by Crippen LogP contribution is 2.33. The van der Waals surface area contributed by atoms with Gasteiger partial charge in [0.05, 0.1) is 24.8 Å². The van der Waals surface area contributed by atoms with Gasteiger partial charge in [0.15, 0.2) is 0 Å². The summed E-state index contributed by atoms with van der Waals surface area (Å²) in [4.78, 5) is 11.8. The van der Waals surface area contributed by atoms with Crippen LogP contribution in [0, 0.1) is 0 Å². The Bertz CT molecular complexity index is 1180. The zero-order valence-electron chi connectivity index (χ0n) is 16.9. The zero-order valence-corrected chi connectivity index (χ0v) is 18.5. The molecule has 31 heavy (non-hydrogen) atoms. The summed E-state index contributed by atoms with van der Waals surface area (Å²) in [5.41, 5.74) is 3.28. The van der Waals surface area contributed by atoms with Crippen molar-refractivity contribution in [2.75, 3.05) is 18.5 Å². The molecule has 0 amide bonds. The number of aromatic nitrogens is 1. The first-order valence-electron chi connectivity index (χ1n) is 10.0. The molecule has 0 saturated heterocycles. The first-order chi connectivity index (χ1) is 15.0. The van der Waals surface area contributed by atoms with Crippen LogP contribution < -0.4 is 5.32 Å². The van der Waals surface area contributed by atoms with Crippen LogP contribution in [0.1, 0.15) is 17.3 Å². The number of anilines is 1. The topological polar surface area (TPSA) is 63.5 Å². The average Bonchev–Trinajstić information content (AvgIpc) is 3.05. The summed E-state index contributed by atoms with van der Waals surface area (Å²) in [6, 6.07) is 18.4. The molecule has 0 spiro atoms. The van der Waals surface area contributed by atoms with E-state index in [9.17, 15) is 9.90 Å². The van der Waals surface area contributed by atoms with Gasteiger partial charge in [-0.15, -0.1) is 0 Å². The summed E-state index contributed by atoms with van der Waals surface area (Å²) in [6.07, 6.45) is -0.644. The third-order valence-corrected chi connectivity index (χ3v) is 5.59. The van der Waals surface area contributed by atoms with Crippen molar-refractivity contribution in [2.45, 2.75) is 19.6 Å². The van der Waals surface area contributed by atoms with E-state index in [1.165, 1.54) is 0 Å². The van der Waals surface area contributed by atoms with Crippen molar-refractivity contribution in [1.29, 1.82) is 0 Å². The molecule has 1 aromatic heterocycles. The van der Waals surface area contributed by atoms with Crippen LogP contribution in [-0.2, 0) is 11.3 Å². The van der Waals surface area contributed by atoms with E-state index in [0.717, 1.165) is 27.5 Å². The van der Waals surface area contributed by atoms with Gasteiger partial charge >= 0.3 is 5.97 Å². The Morgan fingerprint density at radius 3 is 2.13 bits per heavy atom. The largest absolute Gasteiger partial charge is 0.462 e. The van der Waals surface area contributed by atoms with Gasteiger partial charge in [-0.1, -0.05) is 23.2 Å². The fourth-order valence-electron chi connectivity index (χ4n) is 3.69. The summed E-state index contributed by atoms with van der Waals surface area (Å²) < 4.78 is 7.07. The molecule has 0 aliphatic rings. The predicted octanol–water partition coefficient (Wildman–Crippen LogP) is 5.75. The van der Waals surface area contributed by atoms with Gasteiger partial charge in [-0.25, -0.2) is 4.79 Å². The van der Waals surface area contributed by atoms with Gasteiger partial charge in [0.1, 0.15) is 0 Å². The molecule has 0 aliphatic heterocycles. The molecule has 7 heteroatoms. The number of nitrogens with one attached hydrogen (secondary N) is 1. The summed E-state index contributed by atoms with van der Waals surface area (Å²) in [6.45, 7) is 2.86. The van der Waals surface area contributed by atoms with E-state index in [4.69, 9.17) is 27.9 Å². The third-order valence-electron chi connectivity index (χ3n) is 5.12. The number of carbonyl (C=O) groups excluding carboxylic acids is 1.